The molecule has 0 aromatic heterocycles. The van der Waals surface area contributed by atoms with E-state index in [2.05, 4.69) is 57.0 Å². The summed E-state index contributed by atoms with van der Waals surface area (Å²) in [6, 6.07) is 25.5. The first-order chi connectivity index (χ1) is 28.6. The van der Waals surface area contributed by atoms with Crippen molar-refractivity contribution in [3.63, 3.8) is 0 Å². The van der Waals surface area contributed by atoms with Crippen LogP contribution in [-0.4, -0.2) is 84.9 Å². The second-order valence-electron chi connectivity index (χ2n) is 16.5. The summed E-state index contributed by atoms with van der Waals surface area (Å²) in [6.07, 6.45) is 11.5. The first-order valence-electron chi connectivity index (χ1n) is 21.4. The highest BCUT2D eigenvalue weighted by Crippen LogP contribution is 2.42. The van der Waals surface area contributed by atoms with Crippen LogP contribution in [0.25, 0.3) is 0 Å². The number of aryl methyl sites for hydroxylation is 3. The van der Waals surface area contributed by atoms with Crippen LogP contribution in [0.5, 0.6) is 11.5 Å². The van der Waals surface area contributed by atoms with E-state index in [-0.39, 0.29) is 47.9 Å². The van der Waals surface area contributed by atoms with Crippen molar-refractivity contribution in [1.29, 1.82) is 0 Å². The van der Waals surface area contributed by atoms with E-state index in [1.807, 2.05) is 12.1 Å². The van der Waals surface area contributed by atoms with Gasteiger partial charge in [-0.15, -0.1) is 37.2 Å². The lowest BCUT2D eigenvalue weighted by Crippen LogP contribution is -2.37. The van der Waals surface area contributed by atoms with Gasteiger partial charge < -0.3 is 15.2 Å². The van der Waals surface area contributed by atoms with E-state index < -0.39 is 19.1 Å². The van der Waals surface area contributed by atoms with Gasteiger partial charge in [0.2, 0.25) is 10.0 Å². The molecule has 0 amide bonds. The van der Waals surface area contributed by atoms with E-state index in [0.29, 0.717) is 31.7 Å². The zero-order chi connectivity index (χ0) is 41.0. The SMILES string of the molecule is Cl.Cl.Cl.NCCCN1CCc2cccc3c2C1CC3.O=S(=O)(CCc1ccc2c(c1)CCO2)NCCCN1CCc2cccc3c2C1CC3.O=S(=O)(Cl)c1ccc2c(c1)CCO2. The van der Waals surface area contributed by atoms with Gasteiger partial charge in [-0.25, -0.2) is 21.6 Å². The Balaban J connectivity index is 0.000000191. The molecule has 10 nitrogen and oxygen atoms in total. The molecule has 3 N–H and O–H groups in total. The Morgan fingerprint density at radius 3 is 1.71 bits per heavy atom. The number of nitrogens with zero attached hydrogens (tertiary/aromatic N) is 2. The molecule has 0 fully saturated rings. The number of ether oxygens (including phenoxy) is 2. The molecule has 2 unspecified atom stereocenters. The van der Waals surface area contributed by atoms with Gasteiger partial charge in [0.25, 0.3) is 9.05 Å². The zero-order valence-corrected chi connectivity index (χ0v) is 39.9. The van der Waals surface area contributed by atoms with Crippen LogP contribution in [0.2, 0.25) is 0 Å². The van der Waals surface area contributed by atoms with Crippen molar-refractivity contribution < 1.29 is 26.3 Å². The summed E-state index contributed by atoms with van der Waals surface area (Å²) in [4.78, 5) is 5.34. The Kier molecular flexibility index (Phi) is 18.3. The smallest absolute Gasteiger partial charge is 0.261 e. The summed E-state index contributed by atoms with van der Waals surface area (Å²) in [7, 11) is -1.67. The second kappa shape index (κ2) is 22.5. The molecule has 0 saturated heterocycles. The van der Waals surface area contributed by atoms with Crippen molar-refractivity contribution in [2.75, 3.05) is 58.2 Å². The van der Waals surface area contributed by atoms with Gasteiger partial charge in [-0.05, 0) is 145 Å². The molecular weight excluding hydrogens is 910 g/mol. The Hall–Kier alpha value is -2.62. The van der Waals surface area contributed by atoms with Crippen molar-refractivity contribution >= 4 is 67.0 Å². The number of fused-ring (bicyclic) bond motifs is 2. The van der Waals surface area contributed by atoms with Gasteiger partial charge in [0.05, 0.1) is 23.9 Å². The van der Waals surface area contributed by atoms with Crippen LogP contribution in [0.15, 0.2) is 77.7 Å². The van der Waals surface area contributed by atoms with E-state index in [0.717, 1.165) is 81.0 Å². The predicted octanol–water partition coefficient (Wildman–Crippen LogP) is 7.71. The lowest BCUT2D eigenvalue weighted by atomic mass is 9.93. The van der Waals surface area contributed by atoms with Crippen LogP contribution < -0.4 is 19.9 Å². The highest BCUT2D eigenvalue weighted by atomic mass is 35.7. The van der Waals surface area contributed by atoms with Gasteiger partial charge in [0.15, 0.2) is 0 Å². The normalized spacial score (nSPS) is 18.9. The third-order valence-electron chi connectivity index (χ3n) is 12.8. The summed E-state index contributed by atoms with van der Waals surface area (Å²) in [6.45, 7) is 7.10. The molecule has 4 heterocycles. The molecule has 16 heteroatoms. The standard InChI is InChI=1S/C24H30N2O3S.C14H20N2.C8H7ClO3S.3ClH/c27-30(28,16-11-18-5-8-23-21(17-18)10-15-29-23)25-12-2-13-26-14-9-20-4-1-3-19-6-7-22(26)24(19)20;15-8-2-9-16-10-7-12-4-1-3-11-5-6-13(16)14(11)12;9-13(10,11)7-1-2-8-6(5-7)3-4-12-8;;;/h1,3-5,8,17,22,25H,2,6-7,9-16H2;1,3-4,13H,2,5-10,15H2;1-2,5H,3-4H2;3*1H. The maximum atomic E-state index is 12.4. The number of rotatable bonds is 12. The average molecular weight is 971 g/mol. The molecule has 4 aliphatic heterocycles. The lowest BCUT2D eigenvalue weighted by Gasteiger charge is -2.35. The molecule has 4 aromatic carbocycles. The fourth-order valence-electron chi connectivity index (χ4n) is 9.88. The van der Waals surface area contributed by atoms with E-state index in [9.17, 15) is 16.8 Å². The summed E-state index contributed by atoms with van der Waals surface area (Å²) < 4.78 is 60.3. The Bertz CT molecular complexity index is 2370. The molecule has 0 spiro atoms. The molecule has 2 aliphatic carbocycles. The molecule has 62 heavy (non-hydrogen) atoms. The maximum Gasteiger partial charge on any atom is 0.261 e. The topological polar surface area (TPSA) is 131 Å². The zero-order valence-electron chi connectivity index (χ0n) is 35.1. The van der Waals surface area contributed by atoms with Crippen LogP contribution >= 0.6 is 47.9 Å². The van der Waals surface area contributed by atoms with Gasteiger partial charge in [-0.1, -0.05) is 48.5 Å². The Labute approximate surface area is 391 Å². The molecule has 4 aromatic rings. The number of hydrogen-bond donors (Lipinski definition) is 2. The minimum absolute atomic E-state index is 0. The van der Waals surface area contributed by atoms with Crippen molar-refractivity contribution in [3.8, 4) is 11.5 Å². The minimum Gasteiger partial charge on any atom is -0.493 e. The van der Waals surface area contributed by atoms with Crippen LogP contribution in [-0.2, 0) is 64.0 Å². The first kappa shape index (κ1) is 50.4. The number of nitrogens with two attached hydrogens (primary N) is 1. The van der Waals surface area contributed by atoms with Crippen LogP contribution in [0, 0.1) is 0 Å². The monoisotopic (exact) mass is 968 g/mol. The maximum absolute atomic E-state index is 12.4. The molecule has 6 aliphatic rings. The van der Waals surface area contributed by atoms with Gasteiger partial charge in [-0.2, -0.15) is 0 Å². The second-order valence-corrected chi connectivity index (χ2v) is 21.0. The Morgan fingerprint density at radius 1 is 0.645 bits per heavy atom. The van der Waals surface area contributed by atoms with E-state index in [4.69, 9.17) is 25.9 Å². The van der Waals surface area contributed by atoms with E-state index in [1.165, 1.54) is 68.0 Å². The van der Waals surface area contributed by atoms with E-state index >= 15 is 0 Å². The Morgan fingerprint density at radius 2 is 1.16 bits per heavy atom. The summed E-state index contributed by atoms with van der Waals surface area (Å²) in [5, 5.41) is 0. The molecule has 0 bridgehead atoms. The van der Waals surface area contributed by atoms with Crippen LogP contribution in [0.3, 0.4) is 0 Å². The molecule has 10 rings (SSSR count). The third-order valence-corrected chi connectivity index (χ3v) is 15.5. The van der Waals surface area contributed by atoms with Crippen molar-refractivity contribution in [3.05, 3.63) is 123 Å². The summed E-state index contributed by atoms with van der Waals surface area (Å²) >= 11 is 0. The fourth-order valence-corrected chi connectivity index (χ4v) is 11.8. The molecule has 0 radical (unpaired) electrons. The molecule has 2 atom stereocenters. The largest absolute Gasteiger partial charge is 0.493 e. The first-order valence-corrected chi connectivity index (χ1v) is 25.3. The quantitative estimate of drug-likeness (QED) is 0.108. The summed E-state index contributed by atoms with van der Waals surface area (Å²) in [5.74, 6) is 1.83. The average Bonchev–Trinajstić information content (AvgIpc) is 4.07. The molecular formula is C46H60Cl4N4O6S2. The summed E-state index contributed by atoms with van der Waals surface area (Å²) in [5.41, 5.74) is 18.2. The number of benzene rings is 4. The van der Waals surface area contributed by atoms with Gasteiger partial charge >= 0.3 is 0 Å². The number of sulfonamides is 1. The van der Waals surface area contributed by atoms with Gasteiger partial charge in [0, 0.05) is 61.8 Å². The van der Waals surface area contributed by atoms with Crippen molar-refractivity contribution in [2.24, 2.45) is 5.73 Å². The highest BCUT2D eigenvalue weighted by molar-refractivity contribution is 8.13. The molecule has 0 saturated carbocycles. The predicted molar refractivity (Wildman–Crippen MR) is 255 cm³/mol. The number of nitrogens with one attached hydrogen (secondary N) is 1. The number of halogens is 4. The van der Waals surface area contributed by atoms with Crippen molar-refractivity contribution in [2.45, 2.75) is 87.6 Å². The third kappa shape index (κ3) is 12.0. The fraction of sp³-hybridized carbons (Fsp3) is 0.478. The van der Waals surface area contributed by atoms with E-state index in [1.54, 1.807) is 34.4 Å². The van der Waals surface area contributed by atoms with Crippen LogP contribution in [0.1, 0.15) is 87.8 Å². The van der Waals surface area contributed by atoms with Gasteiger partial charge in [-0.3, -0.25) is 9.80 Å². The van der Waals surface area contributed by atoms with Gasteiger partial charge in [0.1, 0.15) is 11.5 Å². The minimum atomic E-state index is -3.61. The molecule has 340 valence electrons. The van der Waals surface area contributed by atoms with Crippen LogP contribution in [0.4, 0.5) is 0 Å². The lowest BCUT2D eigenvalue weighted by molar-refractivity contribution is 0.184. The highest BCUT2D eigenvalue weighted by Gasteiger charge is 2.34. The van der Waals surface area contributed by atoms with Crippen molar-refractivity contribution in [1.82, 2.24) is 14.5 Å². The number of hydrogen-bond acceptors (Lipinski definition) is 9.